The Morgan fingerprint density at radius 1 is 1.17 bits per heavy atom. The smallest absolute Gasteiger partial charge is 0.377 e. The Morgan fingerprint density at radius 3 is 2.26 bits per heavy atom. The van der Waals surface area contributed by atoms with Crippen LogP contribution in [0.15, 0.2) is 24.3 Å². The summed E-state index contributed by atoms with van der Waals surface area (Å²) < 4.78 is 48.1. The molecule has 1 saturated heterocycles. The molecule has 1 aliphatic rings. The summed E-state index contributed by atoms with van der Waals surface area (Å²) in [6.07, 6.45) is -4.37. The molecule has 23 heavy (non-hydrogen) atoms. The molecule has 0 bridgehead atoms. The van der Waals surface area contributed by atoms with Crippen molar-refractivity contribution in [2.24, 2.45) is 0 Å². The van der Waals surface area contributed by atoms with E-state index in [1.807, 2.05) is 0 Å². The van der Waals surface area contributed by atoms with Crippen molar-refractivity contribution in [2.45, 2.75) is 25.2 Å². The summed E-state index contributed by atoms with van der Waals surface area (Å²) in [4.78, 5) is 11.9. The van der Waals surface area contributed by atoms with Crippen LogP contribution < -0.4 is 10.6 Å². The van der Waals surface area contributed by atoms with Gasteiger partial charge < -0.3 is 20.1 Å². The molecular formula is C15H19F3N2O3. The quantitative estimate of drug-likeness (QED) is 0.894. The summed E-state index contributed by atoms with van der Waals surface area (Å²) in [6, 6.07) is 3.60. The third kappa shape index (κ3) is 5.40. The van der Waals surface area contributed by atoms with Gasteiger partial charge in [-0.3, -0.25) is 0 Å². The number of amides is 2. The highest BCUT2D eigenvalue weighted by molar-refractivity contribution is 5.74. The standard InChI is InChI=1S/C15H19F3N2O3/c1-10(11-2-4-12(5-3-11)15(16,17)18)19-14(21)20-13-8-22-6-7-23-9-13/h2-5,10,13H,6-9H2,1H3,(H2,19,20,21)/t10-/m0/s1. The Labute approximate surface area is 132 Å². The summed E-state index contributed by atoms with van der Waals surface area (Å²) in [5, 5.41) is 5.39. The van der Waals surface area contributed by atoms with Gasteiger partial charge in [0.15, 0.2) is 0 Å². The Morgan fingerprint density at radius 2 is 1.74 bits per heavy atom. The molecule has 0 spiro atoms. The molecule has 1 fully saturated rings. The fourth-order valence-corrected chi connectivity index (χ4v) is 2.17. The van der Waals surface area contributed by atoms with Crippen LogP contribution >= 0.6 is 0 Å². The number of ether oxygens (including phenoxy) is 2. The summed E-state index contributed by atoms with van der Waals surface area (Å²) in [5.74, 6) is 0. The molecule has 0 aliphatic carbocycles. The molecule has 0 radical (unpaired) electrons. The number of hydrogen-bond acceptors (Lipinski definition) is 3. The molecule has 1 aromatic rings. The fourth-order valence-electron chi connectivity index (χ4n) is 2.17. The topological polar surface area (TPSA) is 59.6 Å². The molecule has 8 heteroatoms. The number of urea groups is 1. The predicted molar refractivity (Wildman–Crippen MR) is 77.0 cm³/mol. The number of nitrogens with one attached hydrogen (secondary N) is 2. The van der Waals surface area contributed by atoms with Crippen LogP contribution in [-0.2, 0) is 15.7 Å². The van der Waals surface area contributed by atoms with E-state index in [0.29, 0.717) is 32.0 Å². The summed E-state index contributed by atoms with van der Waals surface area (Å²) in [6.45, 7) is 3.40. The van der Waals surface area contributed by atoms with Crippen molar-refractivity contribution in [1.82, 2.24) is 10.6 Å². The maximum absolute atomic E-state index is 12.5. The van der Waals surface area contributed by atoms with E-state index in [-0.39, 0.29) is 6.04 Å². The van der Waals surface area contributed by atoms with Crippen LogP contribution in [0.5, 0.6) is 0 Å². The van der Waals surface area contributed by atoms with Gasteiger partial charge in [0.05, 0.1) is 44.1 Å². The van der Waals surface area contributed by atoms with Crippen molar-refractivity contribution in [3.05, 3.63) is 35.4 Å². The minimum Gasteiger partial charge on any atom is -0.377 e. The zero-order valence-electron chi connectivity index (χ0n) is 12.7. The minimum atomic E-state index is -4.37. The van der Waals surface area contributed by atoms with Gasteiger partial charge in [0, 0.05) is 0 Å². The van der Waals surface area contributed by atoms with Crippen molar-refractivity contribution in [3.8, 4) is 0 Å². The van der Waals surface area contributed by atoms with E-state index < -0.39 is 23.8 Å². The number of carbonyl (C=O) groups is 1. The van der Waals surface area contributed by atoms with E-state index in [1.165, 1.54) is 12.1 Å². The molecule has 1 heterocycles. The monoisotopic (exact) mass is 332 g/mol. The lowest BCUT2D eigenvalue weighted by Crippen LogP contribution is -2.46. The SMILES string of the molecule is C[C@H](NC(=O)NC1COCCOC1)c1ccc(C(F)(F)F)cc1. The van der Waals surface area contributed by atoms with E-state index in [4.69, 9.17) is 9.47 Å². The van der Waals surface area contributed by atoms with Crippen LogP contribution in [-0.4, -0.2) is 38.5 Å². The van der Waals surface area contributed by atoms with Gasteiger partial charge in [0.2, 0.25) is 0 Å². The largest absolute Gasteiger partial charge is 0.416 e. The third-order valence-corrected chi connectivity index (χ3v) is 3.43. The van der Waals surface area contributed by atoms with E-state index in [0.717, 1.165) is 12.1 Å². The first-order valence-electron chi connectivity index (χ1n) is 7.26. The Bertz CT molecular complexity index is 512. The van der Waals surface area contributed by atoms with Gasteiger partial charge in [0.1, 0.15) is 0 Å². The molecule has 2 amide bonds. The predicted octanol–water partition coefficient (Wildman–Crippen LogP) is 2.48. The lowest BCUT2D eigenvalue weighted by atomic mass is 10.1. The first-order chi connectivity index (χ1) is 10.9. The van der Waals surface area contributed by atoms with Gasteiger partial charge in [-0.05, 0) is 24.6 Å². The Kier molecular flexibility index (Phi) is 5.84. The zero-order chi connectivity index (χ0) is 16.9. The highest BCUT2D eigenvalue weighted by Gasteiger charge is 2.30. The van der Waals surface area contributed by atoms with Gasteiger partial charge in [-0.2, -0.15) is 13.2 Å². The number of halogens is 3. The highest BCUT2D eigenvalue weighted by Crippen LogP contribution is 2.29. The second-order valence-electron chi connectivity index (χ2n) is 5.31. The fraction of sp³-hybridized carbons (Fsp3) is 0.533. The van der Waals surface area contributed by atoms with Crippen LogP contribution in [0.2, 0.25) is 0 Å². The van der Waals surface area contributed by atoms with E-state index in [2.05, 4.69) is 10.6 Å². The average molecular weight is 332 g/mol. The van der Waals surface area contributed by atoms with Gasteiger partial charge in [-0.25, -0.2) is 4.79 Å². The minimum absolute atomic E-state index is 0.252. The number of hydrogen-bond donors (Lipinski definition) is 2. The molecule has 0 saturated carbocycles. The molecule has 128 valence electrons. The number of benzene rings is 1. The Balaban J connectivity index is 1.87. The van der Waals surface area contributed by atoms with Crippen LogP contribution in [0.4, 0.5) is 18.0 Å². The van der Waals surface area contributed by atoms with Gasteiger partial charge >= 0.3 is 12.2 Å². The molecule has 1 aromatic carbocycles. The van der Waals surface area contributed by atoms with E-state index in [9.17, 15) is 18.0 Å². The highest BCUT2D eigenvalue weighted by atomic mass is 19.4. The second-order valence-corrected chi connectivity index (χ2v) is 5.31. The molecule has 0 aromatic heterocycles. The van der Waals surface area contributed by atoms with Gasteiger partial charge in [-0.15, -0.1) is 0 Å². The van der Waals surface area contributed by atoms with Gasteiger partial charge in [-0.1, -0.05) is 12.1 Å². The zero-order valence-corrected chi connectivity index (χ0v) is 12.7. The number of rotatable bonds is 3. The molecule has 1 aliphatic heterocycles. The lowest BCUT2D eigenvalue weighted by Gasteiger charge is -2.19. The first kappa shape index (κ1) is 17.6. The van der Waals surface area contributed by atoms with Crippen LogP contribution in [0, 0.1) is 0 Å². The molecule has 2 rings (SSSR count). The normalized spacial score (nSPS) is 18.1. The van der Waals surface area contributed by atoms with Crippen molar-refractivity contribution >= 4 is 6.03 Å². The van der Waals surface area contributed by atoms with Gasteiger partial charge in [0.25, 0.3) is 0 Å². The number of alkyl halides is 3. The molecule has 2 N–H and O–H groups in total. The van der Waals surface area contributed by atoms with Crippen molar-refractivity contribution in [1.29, 1.82) is 0 Å². The third-order valence-electron chi connectivity index (χ3n) is 3.43. The van der Waals surface area contributed by atoms with Crippen molar-refractivity contribution < 1.29 is 27.4 Å². The number of carbonyl (C=O) groups excluding carboxylic acids is 1. The summed E-state index contributed by atoms with van der Waals surface area (Å²) in [7, 11) is 0. The maximum atomic E-state index is 12.5. The van der Waals surface area contributed by atoms with Crippen LogP contribution in [0.25, 0.3) is 0 Å². The molecule has 0 unspecified atom stereocenters. The Hall–Kier alpha value is -1.80. The maximum Gasteiger partial charge on any atom is 0.416 e. The summed E-state index contributed by atoms with van der Waals surface area (Å²) >= 11 is 0. The second kappa shape index (κ2) is 7.65. The van der Waals surface area contributed by atoms with Crippen molar-refractivity contribution in [3.63, 3.8) is 0 Å². The summed E-state index contributed by atoms with van der Waals surface area (Å²) in [5.41, 5.74) is -0.132. The molecule has 5 nitrogen and oxygen atoms in total. The van der Waals surface area contributed by atoms with Crippen LogP contribution in [0.3, 0.4) is 0 Å². The lowest BCUT2D eigenvalue weighted by molar-refractivity contribution is -0.137. The first-order valence-corrected chi connectivity index (χ1v) is 7.26. The van der Waals surface area contributed by atoms with Crippen molar-refractivity contribution in [2.75, 3.05) is 26.4 Å². The average Bonchev–Trinajstić information content (AvgIpc) is 2.75. The molecule has 1 atom stereocenters. The van der Waals surface area contributed by atoms with E-state index in [1.54, 1.807) is 6.92 Å². The van der Waals surface area contributed by atoms with Crippen LogP contribution in [0.1, 0.15) is 24.1 Å². The van der Waals surface area contributed by atoms with E-state index >= 15 is 0 Å². The molecular weight excluding hydrogens is 313 g/mol.